The lowest BCUT2D eigenvalue weighted by Crippen LogP contribution is -1.78. The van der Waals surface area contributed by atoms with Crippen LogP contribution < -0.4 is 0 Å². The van der Waals surface area contributed by atoms with Gasteiger partial charge in [-0.1, -0.05) is 56.2 Å². The Hall–Kier alpha value is -1.31. The number of rotatable bonds is 9. The van der Waals surface area contributed by atoms with Crippen molar-refractivity contribution in [1.82, 2.24) is 0 Å². The van der Waals surface area contributed by atoms with Crippen molar-refractivity contribution < 1.29 is 9.90 Å². The molecular formula is C16H28O2. The second-order valence-electron chi connectivity index (χ2n) is 4.10. The quantitative estimate of drug-likeness (QED) is 0.351. The molecule has 0 aliphatic heterocycles. The molecule has 0 unspecified atom stereocenters. The van der Waals surface area contributed by atoms with E-state index in [2.05, 4.69) is 31.7 Å². The molecule has 104 valence electrons. The Morgan fingerprint density at radius 2 is 1.50 bits per heavy atom. The molecular weight excluding hydrogens is 224 g/mol. The topological polar surface area (TPSA) is 37.3 Å². The van der Waals surface area contributed by atoms with Crippen LogP contribution in [0.3, 0.4) is 0 Å². The minimum absolute atomic E-state index is 0.833. The van der Waals surface area contributed by atoms with E-state index in [1.807, 2.05) is 12.2 Å². The van der Waals surface area contributed by atoms with Crippen molar-refractivity contribution in [3.05, 3.63) is 37.0 Å². The van der Waals surface area contributed by atoms with Gasteiger partial charge >= 0.3 is 0 Å². The lowest BCUT2D eigenvalue weighted by atomic mass is 10.1. The summed E-state index contributed by atoms with van der Waals surface area (Å²) >= 11 is 0. The number of carbonyl (C=O) groups is 1. The Kier molecular flexibility index (Phi) is 19.1. The first kappa shape index (κ1) is 19.0. The second kappa shape index (κ2) is 18.1. The number of carboxylic acids is 1. The standard InChI is InChI=1S/C14H24.C2H4O2/c1-3-5-7-9-11-13-14-12-10-8-6-4-2;1-2(3)4/h3-7H,1,8-14H2,2H3;1H3,(H,3,4)/b6-4?,7-5+;. The van der Waals surface area contributed by atoms with Crippen LogP contribution >= 0.6 is 0 Å². The molecule has 18 heavy (non-hydrogen) atoms. The molecule has 0 aromatic carbocycles. The zero-order valence-corrected chi connectivity index (χ0v) is 11.9. The minimum Gasteiger partial charge on any atom is -0.481 e. The molecule has 0 fully saturated rings. The third-order valence-electron chi connectivity index (χ3n) is 2.25. The Balaban J connectivity index is 0. The van der Waals surface area contributed by atoms with Crippen molar-refractivity contribution >= 4 is 5.97 Å². The average molecular weight is 252 g/mol. The second-order valence-corrected chi connectivity index (χ2v) is 4.10. The Bertz CT molecular complexity index is 235. The molecule has 0 amide bonds. The first-order valence-corrected chi connectivity index (χ1v) is 6.73. The molecule has 0 aliphatic rings. The van der Waals surface area contributed by atoms with E-state index >= 15 is 0 Å². The summed E-state index contributed by atoms with van der Waals surface area (Å²) in [4.78, 5) is 9.00. The van der Waals surface area contributed by atoms with Crippen LogP contribution in [0.2, 0.25) is 0 Å². The van der Waals surface area contributed by atoms with Gasteiger partial charge in [0.15, 0.2) is 0 Å². The summed E-state index contributed by atoms with van der Waals surface area (Å²) in [6.07, 6.45) is 19.8. The molecule has 0 spiro atoms. The van der Waals surface area contributed by atoms with Crippen molar-refractivity contribution in [1.29, 1.82) is 0 Å². The lowest BCUT2D eigenvalue weighted by Gasteiger charge is -1.97. The smallest absolute Gasteiger partial charge is 0.300 e. The van der Waals surface area contributed by atoms with E-state index in [-0.39, 0.29) is 0 Å². The summed E-state index contributed by atoms with van der Waals surface area (Å²) < 4.78 is 0. The Morgan fingerprint density at radius 1 is 1.06 bits per heavy atom. The van der Waals surface area contributed by atoms with Crippen LogP contribution in [0, 0.1) is 0 Å². The third kappa shape index (κ3) is 29.3. The van der Waals surface area contributed by atoms with Crippen molar-refractivity contribution in [3.63, 3.8) is 0 Å². The molecule has 2 heteroatoms. The van der Waals surface area contributed by atoms with Gasteiger partial charge in [-0.05, 0) is 32.6 Å². The minimum atomic E-state index is -0.833. The van der Waals surface area contributed by atoms with Crippen LogP contribution in [0.4, 0.5) is 0 Å². The highest BCUT2D eigenvalue weighted by Crippen LogP contribution is 2.07. The SMILES string of the molecule is C=C/C=C/CCCCCCCC=CC.CC(=O)O. The molecule has 0 rings (SSSR count). The molecule has 0 radical (unpaired) electrons. The molecule has 0 saturated carbocycles. The zero-order chi connectivity index (χ0) is 14.1. The van der Waals surface area contributed by atoms with Crippen LogP contribution in [-0.4, -0.2) is 11.1 Å². The van der Waals surface area contributed by atoms with E-state index in [1.54, 1.807) is 0 Å². The molecule has 0 aromatic heterocycles. The first-order valence-electron chi connectivity index (χ1n) is 6.73. The van der Waals surface area contributed by atoms with Gasteiger partial charge in [-0.3, -0.25) is 4.79 Å². The Labute approximate surface area is 112 Å². The van der Waals surface area contributed by atoms with E-state index in [0.717, 1.165) is 6.92 Å². The number of hydrogen-bond acceptors (Lipinski definition) is 1. The maximum absolute atomic E-state index is 9.00. The van der Waals surface area contributed by atoms with Gasteiger partial charge in [-0.25, -0.2) is 0 Å². The largest absolute Gasteiger partial charge is 0.481 e. The fourth-order valence-corrected chi connectivity index (χ4v) is 1.41. The number of unbranched alkanes of at least 4 members (excludes halogenated alkanes) is 6. The molecule has 0 aliphatic carbocycles. The number of aliphatic carboxylic acids is 1. The van der Waals surface area contributed by atoms with Crippen LogP contribution in [0.5, 0.6) is 0 Å². The van der Waals surface area contributed by atoms with E-state index in [4.69, 9.17) is 9.90 Å². The van der Waals surface area contributed by atoms with E-state index in [0.29, 0.717) is 0 Å². The zero-order valence-electron chi connectivity index (χ0n) is 11.9. The van der Waals surface area contributed by atoms with Gasteiger partial charge in [0.05, 0.1) is 0 Å². The Morgan fingerprint density at radius 3 is 1.94 bits per heavy atom. The van der Waals surface area contributed by atoms with Crippen LogP contribution in [0.15, 0.2) is 37.0 Å². The fraction of sp³-hybridized carbons (Fsp3) is 0.562. The number of carboxylic acid groups (broad SMARTS) is 1. The molecule has 0 bridgehead atoms. The maximum Gasteiger partial charge on any atom is 0.300 e. The van der Waals surface area contributed by atoms with Gasteiger partial charge in [0, 0.05) is 6.92 Å². The molecule has 0 saturated heterocycles. The molecule has 0 aromatic rings. The van der Waals surface area contributed by atoms with Crippen molar-refractivity contribution in [2.24, 2.45) is 0 Å². The number of hydrogen-bond donors (Lipinski definition) is 1. The van der Waals surface area contributed by atoms with Crippen molar-refractivity contribution in [3.8, 4) is 0 Å². The van der Waals surface area contributed by atoms with Gasteiger partial charge in [0.1, 0.15) is 0 Å². The predicted octanol–water partition coefficient (Wildman–Crippen LogP) is 5.13. The molecule has 0 heterocycles. The van der Waals surface area contributed by atoms with Gasteiger partial charge < -0.3 is 5.11 Å². The fourth-order valence-electron chi connectivity index (χ4n) is 1.41. The van der Waals surface area contributed by atoms with Crippen LogP contribution in [0.25, 0.3) is 0 Å². The molecule has 0 atom stereocenters. The third-order valence-corrected chi connectivity index (χ3v) is 2.25. The maximum atomic E-state index is 9.00. The molecule has 1 N–H and O–H groups in total. The highest BCUT2D eigenvalue weighted by Gasteiger charge is 1.88. The lowest BCUT2D eigenvalue weighted by molar-refractivity contribution is -0.134. The van der Waals surface area contributed by atoms with Crippen LogP contribution in [0.1, 0.15) is 58.8 Å². The highest BCUT2D eigenvalue weighted by molar-refractivity contribution is 5.62. The summed E-state index contributed by atoms with van der Waals surface area (Å²) in [5.41, 5.74) is 0. The van der Waals surface area contributed by atoms with E-state index < -0.39 is 5.97 Å². The predicted molar refractivity (Wildman–Crippen MR) is 79.8 cm³/mol. The van der Waals surface area contributed by atoms with Gasteiger partial charge in [-0.15, -0.1) is 0 Å². The van der Waals surface area contributed by atoms with Crippen LogP contribution in [-0.2, 0) is 4.79 Å². The van der Waals surface area contributed by atoms with Gasteiger partial charge in [-0.2, -0.15) is 0 Å². The van der Waals surface area contributed by atoms with E-state index in [9.17, 15) is 0 Å². The van der Waals surface area contributed by atoms with Gasteiger partial charge in [0.25, 0.3) is 5.97 Å². The normalized spacial score (nSPS) is 10.3. The summed E-state index contributed by atoms with van der Waals surface area (Å²) in [5.74, 6) is -0.833. The monoisotopic (exact) mass is 252 g/mol. The van der Waals surface area contributed by atoms with Crippen molar-refractivity contribution in [2.75, 3.05) is 0 Å². The number of allylic oxidation sites excluding steroid dienone is 5. The molecule has 2 nitrogen and oxygen atoms in total. The summed E-state index contributed by atoms with van der Waals surface area (Å²) in [7, 11) is 0. The summed E-state index contributed by atoms with van der Waals surface area (Å²) in [6.45, 7) is 6.82. The van der Waals surface area contributed by atoms with Crippen molar-refractivity contribution in [2.45, 2.75) is 58.8 Å². The summed E-state index contributed by atoms with van der Waals surface area (Å²) in [6, 6.07) is 0. The summed E-state index contributed by atoms with van der Waals surface area (Å²) in [5, 5.41) is 7.42. The van der Waals surface area contributed by atoms with Gasteiger partial charge in [0.2, 0.25) is 0 Å². The first-order chi connectivity index (χ1) is 8.65. The van der Waals surface area contributed by atoms with E-state index in [1.165, 1.54) is 44.9 Å². The average Bonchev–Trinajstić information content (AvgIpc) is 2.31. The highest BCUT2D eigenvalue weighted by atomic mass is 16.4.